The van der Waals surface area contributed by atoms with Crippen LogP contribution in [0.1, 0.15) is 55.3 Å². The van der Waals surface area contributed by atoms with Crippen LogP contribution in [0.2, 0.25) is 20.1 Å². The molecule has 12 heteroatoms. The molecule has 0 unspecified atom stereocenters. The van der Waals surface area contributed by atoms with Crippen molar-refractivity contribution in [2.24, 2.45) is 5.41 Å². The highest BCUT2D eigenvalue weighted by Gasteiger charge is 2.27. The number of carbonyl (C=O) groups is 4. The number of fused-ring (bicyclic) bond motifs is 1. The van der Waals surface area contributed by atoms with Crippen LogP contribution in [0.4, 0.5) is 0 Å². The van der Waals surface area contributed by atoms with Crippen LogP contribution < -0.4 is 4.74 Å². The number of hydrogen-bond acceptors (Lipinski definition) is 7. The first-order valence-electron chi connectivity index (χ1n) is 12.4. The van der Waals surface area contributed by atoms with Gasteiger partial charge in [0, 0.05) is 17.5 Å². The van der Waals surface area contributed by atoms with Gasteiger partial charge in [-0.2, -0.15) is 0 Å². The molecule has 0 aromatic heterocycles. The molecule has 0 aliphatic heterocycles. The monoisotopic (exact) mass is 660 g/mol. The SMILES string of the molecule is CC(C)(COC(=O)c1c(Cl)c[c]cc1Cl)COC(=O)c1c(Cl)cc(OC(=O)c2ccc3cc(C([O])=O)ccc3c2)cc1Cl. The van der Waals surface area contributed by atoms with Gasteiger partial charge in [-0.15, -0.1) is 0 Å². The largest absolute Gasteiger partial charge is 0.461 e. The number of halogens is 4. The van der Waals surface area contributed by atoms with Gasteiger partial charge in [-0.05, 0) is 53.2 Å². The minimum absolute atomic E-state index is 0.00180. The Kier molecular flexibility index (Phi) is 9.87. The molecule has 0 aliphatic carbocycles. The summed E-state index contributed by atoms with van der Waals surface area (Å²) in [7, 11) is 0. The van der Waals surface area contributed by atoms with Gasteiger partial charge < -0.3 is 14.2 Å². The molecule has 0 N–H and O–H groups in total. The fraction of sp³-hybridized carbons (Fsp3) is 0.161. The summed E-state index contributed by atoms with van der Waals surface area (Å²) in [5.41, 5.74) is -0.768. The molecule has 4 aromatic rings. The molecule has 0 atom stereocenters. The Balaban J connectivity index is 1.39. The number of carbonyl (C=O) groups excluding carboxylic acids is 4. The second-order valence-electron chi connectivity index (χ2n) is 10.1. The number of hydrogen-bond donors (Lipinski definition) is 0. The third kappa shape index (κ3) is 7.77. The van der Waals surface area contributed by atoms with Gasteiger partial charge in [0.15, 0.2) is 0 Å². The van der Waals surface area contributed by atoms with Crippen molar-refractivity contribution in [2.75, 3.05) is 13.2 Å². The topological polar surface area (TPSA) is 116 Å². The third-order valence-corrected chi connectivity index (χ3v) is 7.22. The molecule has 220 valence electrons. The zero-order chi connectivity index (χ0) is 31.5. The van der Waals surface area contributed by atoms with Gasteiger partial charge in [0.05, 0.1) is 55.6 Å². The second kappa shape index (κ2) is 13.2. The van der Waals surface area contributed by atoms with Crippen LogP contribution in [-0.4, -0.2) is 37.1 Å². The van der Waals surface area contributed by atoms with Crippen molar-refractivity contribution in [3.8, 4) is 5.75 Å². The first-order chi connectivity index (χ1) is 20.3. The Morgan fingerprint density at radius 3 is 1.65 bits per heavy atom. The van der Waals surface area contributed by atoms with Crippen LogP contribution in [0, 0.1) is 11.5 Å². The molecule has 43 heavy (non-hydrogen) atoms. The minimum Gasteiger partial charge on any atom is -0.461 e. The average Bonchev–Trinajstić information content (AvgIpc) is 2.94. The van der Waals surface area contributed by atoms with Gasteiger partial charge in [-0.1, -0.05) is 72.4 Å². The van der Waals surface area contributed by atoms with E-state index in [0.717, 1.165) is 0 Å². The lowest BCUT2D eigenvalue weighted by molar-refractivity contribution is 0.00618. The van der Waals surface area contributed by atoms with Crippen LogP contribution in [0.5, 0.6) is 5.75 Å². The van der Waals surface area contributed by atoms with Gasteiger partial charge in [0.2, 0.25) is 0 Å². The van der Waals surface area contributed by atoms with Crippen molar-refractivity contribution in [2.45, 2.75) is 13.8 Å². The number of ether oxygens (including phenoxy) is 3. The lowest BCUT2D eigenvalue weighted by atomic mass is 9.96. The smallest absolute Gasteiger partial charge is 0.386 e. The van der Waals surface area contributed by atoms with Crippen LogP contribution in [-0.2, 0) is 14.6 Å². The third-order valence-electron chi connectivity index (χ3n) is 6.03. The van der Waals surface area contributed by atoms with Crippen molar-refractivity contribution >= 4 is 81.1 Å². The van der Waals surface area contributed by atoms with Crippen molar-refractivity contribution in [1.82, 2.24) is 0 Å². The summed E-state index contributed by atoms with van der Waals surface area (Å²) in [5, 5.41) is 12.2. The fourth-order valence-corrected chi connectivity index (χ4v) is 4.97. The summed E-state index contributed by atoms with van der Waals surface area (Å²) in [6.07, 6.45) is 0. The highest BCUT2D eigenvalue weighted by molar-refractivity contribution is 6.40. The molecular formula is C31H20Cl4O8. The van der Waals surface area contributed by atoms with E-state index in [1.807, 2.05) is 0 Å². The minimum atomic E-state index is -1.31. The zero-order valence-electron chi connectivity index (χ0n) is 22.5. The van der Waals surface area contributed by atoms with Crippen LogP contribution >= 0.6 is 46.4 Å². The molecule has 0 spiro atoms. The summed E-state index contributed by atoms with van der Waals surface area (Å²) in [6, 6.07) is 16.9. The Hall–Kier alpha value is -3.82. The maximum atomic E-state index is 12.8. The molecule has 8 nitrogen and oxygen atoms in total. The molecule has 0 amide bonds. The fourth-order valence-electron chi connectivity index (χ4n) is 3.82. The Bertz CT molecular complexity index is 1720. The lowest BCUT2D eigenvalue weighted by Crippen LogP contribution is -2.29. The Labute approximate surface area is 266 Å². The van der Waals surface area contributed by atoms with Crippen LogP contribution in [0.3, 0.4) is 0 Å². The molecule has 0 fully saturated rings. The molecule has 0 aliphatic rings. The summed E-state index contributed by atoms with van der Waals surface area (Å²) in [4.78, 5) is 49.2. The molecular weight excluding hydrogens is 642 g/mol. The van der Waals surface area contributed by atoms with E-state index < -0.39 is 29.3 Å². The molecule has 2 radical (unpaired) electrons. The van der Waals surface area contributed by atoms with Gasteiger partial charge in [-0.3, -0.25) is 0 Å². The van der Waals surface area contributed by atoms with E-state index in [9.17, 15) is 24.3 Å². The highest BCUT2D eigenvalue weighted by atomic mass is 35.5. The quantitative estimate of drug-likeness (QED) is 0.131. The van der Waals surface area contributed by atoms with Gasteiger partial charge in [0.1, 0.15) is 5.75 Å². The van der Waals surface area contributed by atoms with Gasteiger partial charge >= 0.3 is 23.9 Å². The summed E-state index contributed by atoms with van der Waals surface area (Å²) in [6.45, 7) is 3.11. The predicted molar refractivity (Wildman–Crippen MR) is 160 cm³/mol. The van der Waals surface area contributed by atoms with E-state index >= 15 is 0 Å². The van der Waals surface area contributed by atoms with Crippen LogP contribution in [0.15, 0.2) is 60.7 Å². The van der Waals surface area contributed by atoms with Crippen molar-refractivity contribution < 1.29 is 38.5 Å². The molecule has 4 aromatic carbocycles. The summed E-state index contributed by atoms with van der Waals surface area (Å²) in [5.74, 6) is -3.65. The normalized spacial score (nSPS) is 11.2. The molecule has 0 saturated carbocycles. The molecule has 0 bridgehead atoms. The van der Waals surface area contributed by atoms with Crippen molar-refractivity contribution in [1.29, 1.82) is 0 Å². The molecule has 0 saturated heterocycles. The van der Waals surface area contributed by atoms with E-state index in [2.05, 4.69) is 6.07 Å². The van der Waals surface area contributed by atoms with Crippen molar-refractivity contribution in [3.05, 3.63) is 109 Å². The van der Waals surface area contributed by atoms with E-state index in [4.69, 9.17) is 60.6 Å². The second-order valence-corrected chi connectivity index (χ2v) is 11.7. The number of rotatable bonds is 9. The first kappa shape index (κ1) is 32.1. The maximum absolute atomic E-state index is 12.8. The maximum Gasteiger partial charge on any atom is 0.386 e. The standard InChI is InChI=1S/C31H20Cl4O8/c1-31(2,14-41-29(39)25-21(32)4-3-5-22(25)33)15-42-30(40)26-23(34)12-20(13-24(26)35)43-28(38)19-9-7-16-10-18(27(36)37)8-6-17(16)11-19/h4-13H,14-15H2,1-2H3. The molecule has 4 rings (SSSR count). The summed E-state index contributed by atoms with van der Waals surface area (Å²) < 4.78 is 16.1. The van der Waals surface area contributed by atoms with E-state index in [1.165, 1.54) is 48.5 Å². The summed E-state index contributed by atoms with van der Waals surface area (Å²) >= 11 is 24.6. The Morgan fingerprint density at radius 1 is 0.674 bits per heavy atom. The predicted octanol–water partition coefficient (Wildman–Crippen LogP) is 8.08. The van der Waals surface area contributed by atoms with E-state index in [1.54, 1.807) is 26.0 Å². The Morgan fingerprint density at radius 2 is 1.14 bits per heavy atom. The van der Waals surface area contributed by atoms with Gasteiger partial charge in [-0.25, -0.2) is 24.3 Å². The van der Waals surface area contributed by atoms with Crippen molar-refractivity contribution in [3.63, 3.8) is 0 Å². The zero-order valence-corrected chi connectivity index (χ0v) is 25.5. The number of esters is 3. The van der Waals surface area contributed by atoms with Gasteiger partial charge in [0.25, 0.3) is 0 Å². The van der Waals surface area contributed by atoms with E-state index in [-0.39, 0.29) is 61.3 Å². The van der Waals surface area contributed by atoms with E-state index in [0.29, 0.717) is 10.8 Å². The lowest BCUT2D eigenvalue weighted by Gasteiger charge is -2.24. The molecule has 0 heterocycles. The van der Waals surface area contributed by atoms with Crippen LogP contribution in [0.25, 0.3) is 10.8 Å². The average molecular weight is 662 g/mol. The highest BCUT2D eigenvalue weighted by Crippen LogP contribution is 2.32. The first-order valence-corrected chi connectivity index (χ1v) is 13.9. The number of benzene rings is 4.